The Hall–Kier alpha value is -6.38. The second-order valence-electron chi connectivity index (χ2n) is 12.5. The maximum absolute atomic E-state index is 5.42. The van der Waals surface area contributed by atoms with Crippen molar-refractivity contribution < 1.29 is 0 Å². The molecule has 0 aliphatic carbocycles. The lowest BCUT2D eigenvalue weighted by Gasteiger charge is -2.18. The Morgan fingerprint density at radius 1 is 0.292 bits per heavy atom. The molecule has 0 aliphatic rings. The molecule has 0 saturated heterocycles. The van der Waals surface area contributed by atoms with Gasteiger partial charge in [0.1, 0.15) is 0 Å². The van der Waals surface area contributed by atoms with Crippen LogP contribution in [0.2, 0.25) is 0 Å². The van der Waals surface area contributed by atoms with Gasteiger partial charge in [0.2, 0.25) is 0 Å². The van der Waals surface area contributed by atoms with Gasteiger partial charge < -0.3 is 0 Å². The molecule has 1 aromatic heterocycles. The number of aromatic nitrogens is 2. The lowest BCUT2D eigenvalue weighted by molar-refractivity contribution is 1.19. The van der Waals surface area contributed by atoms with Gasteiger partial charge >= 0.3 is 0 Å². The Bertz CT molecular complexity index is 2710. The fraction of sp³-hybridized carbons (Fsp3) is 0. The quantitative estimate of drug-likeness (QED) is 0.147. The number of nitrogens with zero attached hydrogens (tertiary/aromatic N) is 2. The van der Waals surface area contributed by atoms with E-state index >= 15 is 0 Å². The van der Waals surface area contributed by atoms with Gasteiger partial charge in [-0.25, -0.2) is 9.97 Å². The summed E-state index contributed by atoms with van der Waals surface area (Å²) in [6.07, 6.45) is 0. The molecule has 10 rings (SSSR count). The Morgan fingerprint density at radius 2 is 0.688 bits per heavy atom. The Kier molecular flexibility index (Phi) is 5.91. The van der Waals surface area contributed by atoms with E-state index < -0.39 is 0 Å². The van der Waals surface area contributed by atoms with Crippen LogP contribution in [0, 0.1) is 0 Å². The summed E-state index contributed by atoms with van der Waals surface area (Å²) < 4.78 is 0. The predicted octanol–water partition coefficient (Wildman–Crippen LogP) is 12.4. The molecule has 1 heterocycles. The summed E-state index contributed by atoms with van der Waals surface area (Å²) in [6, 6.07) is 60.9. The number of hydrogen-bond donors (Lipinski definition) is 0. The van der Waals surface area contributed by atoms with E-state index in [1.807, 2.05) is 6.07 Å². The number of rotatable bonds is 3. The summed E-state index contributed by atoms with van der Waals surface area (Å²) in [6.45, 7) is 0. The Labute approximate surface area is 277 Å². The molecule has 2 heteroatoms. The average Bonchev–Trinajstić information content (AvgIpc) is 3.16. The number of fused-ring (bicyclic) bond motifs is 8. The molecule has 222 valence electrons. The highest BCUT2D eigenvalue weighted by atomic mass is 14.9. The molecule has 10 aromatic rings. The summed E-state index contributed by atoms with van der Waals surface area (Å²) in [7, 11) is 0. The topological polar surface area (TPSA) is 25.8 Å². The van der Waals surface area contributed by atoms with E-state index in [0.717, 1.165) is 28.1 Å². The third-order valence-corrected chi connectivity index (χ3v) is 9.78. The van der Waals surface area contributed by atoms with Gasteiger partial charge in [-0.2, -0.15) is 0 Å². The van der Waals surface area contributed by atoms with Gasteiger partial charge in [-0.15, -0.1) is 0 Å². The van der Waals surface area contributed by atoms with Crippen LogP contribution in [0.3, 0.4) is 0 Å². The van der Waals surface area contributed by atoms with E-state index in [2.05, 4.69) is 164 Å². The number of benzene rings is 9. The minimum atomic E-state index is 0.714. The molecule has 2 nitrogen and oxygen atoms in total. The summed E-state index contributed by atoms with van der Waals surface area (Å²) >= 11 is 0. The van der Waals surface area contributed by atoms with E-state index in [4.69, 9.17) is 9.97 Å². The van der Waals surface area contributed by atoms with Crippen molar-refractivity contribution in [1.29, 1.82) is 0 Å². The minimum absolute atomic E-state index is 0.714. The molecule has 0 fully saturated rings. The maximum atomic E-state index is 5.42. The van der Waals surface area contributed by atoms with Crippen LogP contribution in [0.15, 0.2) is 170 Å². The van der Waals surface area contributed by atoms with Crippen LogP contribution in [-0.4, -0.2) is 9.97 Å². The van der Waals surface area contributed by atoms with Gasteiger partial charge in [0.25, 0.3) is 0 Å². The number of hydrogen-bond acceptors (Lipinski definition) is 2. The standard InChI is InChI=1S/C46H28N2/c1-2-14-31(15-3-1)46-47-40(44-38-20-10-6-16-32(38)26-34-24-22-29-12-4-8-18-36(29)42(34)44)28-41(48-46)45-39-21-11-7-17-33(39)27-35-25-23-30-13-5-9-19-37(30)43(35)45/h1-28H. The second kappa shape index (κ2) is 10.6. The van der Waals surface area contributed by atoms with Crippen LogP contribution < -0.4 is 0 Å². The molecule has 0 bridgehead atoms. The van der Waals surface area contributed by atoms with Gasteiger partial charge in [0.05, 0.1) is 11.4 Å². The molecule has 0 unspecified atom stereocenters. The van der Waals surface area contributed by atoms with E-state index in [1.54, 1.807) is 0 Å². The largest absolute Gasteiger partial charge is 0.228 e. The molecule has 0 spiro atoms. The zero-order valence-electron chi connectivity index (χ0n) is 26.1. The Morgan fingerprint density at radius 3 is 1.19 bits per heavy atom. The van der Waals surface area contributed by atoms with Crippen LogP contribution in [0.1, 0.15) is 0 Å². The summed E-state index contributed by atoms with van der Waals surface area (Å²) in [5.74, 6) is 0.714. The molecular weight excluding hydrogens is 581 g/mol. The molecule has 0 amide bonds. The maximum Gasteiger partial charge on any atom is 0.160 e. The SMILES string of the molecule is c1ccc(-c2nc(-c3c4ccccc4cc4ccc5ccccc5c34)cc(-c3c4ccccc4cc4ccc5ccccc5c34)n2)cc1. The molecule has 0 saturated carbocycles. The van der Waals surface area contributed by atoms with Crippen molar-refractivity contribution in [3.8, 4) is 33.9 Å². The van der Waals surface area contributed by atoms with Gasteiger partial charge in [-0.3, -0.25) is 0 Å². The fourth-order valence-corrected chi connectivity index (χ4v) is 7.63. The van der Waals surface area contributed by atoms with E-state index in [1.165, 1.54) is 64.6 Å². The first kappa shape index (κ1) is 26.8. The smallest absolute Gasteiger partial charge is 0.160 e. The highest BCUT2D eigenvalue weighted by molar-refractivity contribution is 6.23. The van der Waals surface area contributed by atoms with E-state index in [0.29, 0.717) is 5.82 Å². The van der Waals surface area contributed by atoms with Crippen LogP contribution in [0.4, 0.5) is 0 Å². The van der Waals surface area contributed by atoms with Crippen molar-refractivity contribution in [1.82, 2.24) is 9.97 Å². The third kappa shape index (κ3) is 4.13. The summed E-state index contributed by atoms with van der Waals surface area (Å²) in [5.41, 5.74) is 5.09. The first-order valence-electron chi connectivity index (χ1n) is 16.4. The second-order valence-corrected chi connectivity index (χ2v) is 12.5. The molecule has 48 heavy (non-hydrogen) atoms. The average molecular weight is 609 g/mol. The van der Waals surface area contributed by atoms with Crippen molar-refractivity contribution in [2.45, 2.75) is 0 Å². The highest BCUT2D eigenvalue weighted by Gasteiger charge is 2.20. The lowest BCUT2D eigenvalue weighted by atomic mass is 9.89. The zero-order chi connectivity index (χ0) is 31.6. The Balaban J connectivity index is 1.41. The van der Waals surface area contributed by atoms with Crippen molar-refractivity contribution in [2.75, 3.05) is 0 Å². The highest BCUT2D eigenvalue weighted by Crippen LogP contribution is 2.44. The van der Waals surface area contributed by atoms with Crippen LogP contribution >= 0.6 is 0 Å². The summed E-state index contributed by atoms with van der Waals surface area (Å²) in [5, 5.41) is 14.4. The third-order valence-electron chi connectivity index (χ3n) is 9.78. The van der Waals surface area contributed by atoms with Gasteiger partial charge in [0, 0.05) is 16.7 Å². The molecule has 0 aliphatic heterocycles. The van der Waals surface area contributed by atoms with E-state index in [9.17, 15) is 0 Å². The van der Waals surface area contributed by atoms with Crippen LogP contribution in [-0.2, 0) is 0 Å². The first-order valence-corrected chi connectivity index (χ1v) is 16.4. The predicted molar refractivity (Wildman–Crippen MR) is 203 cm³/mol. The monoisotopic (exact) mass is 608 g/mol. The summed E-state index contributed by atoms with van der Waals surface area (Å²) in [4.78, 5) is 10.8. The molecule has 0 radical (unpaired) electrons. The van der Waals surface area contributed by atoms with Crippen molar-refractivity contribution in [2.24, 2.45) is 0 Å². The molecule has 0 N–H and O–H groups in total. The first-order chi connectivity index (χ1) is 23.8. The molecular formula is C46H28N2. The van der Waals surface area contributed by atoms with Crippen molar-refractivity contribution in [3.05, 3.63) is 170 Å². The van der Waals surface area contributed by atoms with Crippen LogP contribution in [0.25, 0.3) is 98.5 Å². The fourth-order valence-electron chi connectivity index (χ4n) is 7.63. The van der Waals surface area contributed by atoms with Crippen molar-refractivity contribution >= 4 is 64.6 Å². The lowest BCUT2D eigenvalue weighted by Crippen LogP contribution is -1.98. The van der Waals surface area contributed by atoms with Crippen molar-refractivity contribution in [3.63, 3.8) is 0 Å². The zero-order valence-corrected chi connectivity index (χ0v) is 26.1. The van der Waals surface area contributed by atoms with Gasteiger partial charge in [0.15, 0.2) is 5.82 Å². The van der Waals surface area contributed by atoms with Gasteiger partial charge in [-0.05, 0) is 82.8 Å². The van der Waals surface area contributed by atoms with E-state index in [-0.39, 0.29) is 0 Å². The normalized spacial score (nSPS) is 11.8. The van der Waals surface area contributed by atoms with Crippen LogP contribution in [0.5, 0.6) is 0 Å². The molecule has 9 aromatic carbocycles. The molecule has 0 atom stereocenters. The minimum Gasteiger partial charge on any atom is -0.228 e. The van der Waals surface area contributed by atoms with Gasteiger partial charge in [-0.1, -0.05) is 152 Å².